The Kier molecular flexibility index (Phi) is 5.26. The highest BCUT2D eigenvalue weighted by Gasteiger charge is 2.11. The highest BCUT2D eigenvalue weighted by Crippen LogP contribution is 2.21. The van der Waals surface area contributed by atoms with E-state index in [0.717, 1.165) is 34.5 Å². The number of hydrogen-bond acceptors (Lipinski definition) is 3. The second-order valence-corrected chi connectivity index (χ2v) is 5.83. The van der Waals surface area contributed by atoms with E-state index in [9.17, 15) is 0 Å². The first-order chi connectivity index (χ1) is 9.61. The number of hydrogen-bond donors (Lipinski definition) is 1. The largest absolute Gasteiger partial charge is 0.310 e. The van der Waals surface area contributed by atoms with Crippen molar-refractivity contribution in [2.45, 2.75) is 33.2 Å². The number of halogens is 1. The van der Waals surface area contributed by atoms with Gasteiger partial charge in [0.1, 0.15) is 0 Å². The molecule has 0 aliphatic rings. The van der Waals surface area contributed by atoms with Crippen molar-refractivity contribution in [3.8, 4) is 11.4 Å². The zero-order valence-corrected chi connectivity index (χ0v) is 13.7. The van der Waals surface area contributed by atoms with Crippen molar-refractivity contribution in [2.24, 2.45) is 0 Å². The van der Waals surface area contributed by atoms with E-state index in [2.05, 4.69) is 45.1 Å². The predicted molar refractivity (Wildman–Crippen MR) is 86.6 cm³/mol. The van der Waals surface area contributed by atoms with Gasteiger partial charge in [0.15, 0.2) is 5.82 Å². The maximum absolute atomic E-state index is 4.64. The first kappa shape index (κ1) is 15.1. The van der Waals surface area contributed by atoms with E-state index in [-0.39, 0.29) is 6.04 Å². The lowest BCUT2D eigenvalue weighted by atomic mass is 10.1. The van der Waals surface area contributed by atoms with Gasteiger partial charge in [-0.3, -0.25) is 0 Å². The first-order valence-corrected chi connectivity index (χ1v) is 7.74. The van der Waals surface area contributed by atoms with Crippen molar-refractivity contribution in [1.29, 1.82) is 0 Å². The summed E-state index contributed by atoms with van der Waals surface area (Å²) in [5.41, 5.74) is 3.24. The zero-order valence-electron chi connectivity index (χ0n) is 12.2. The molecule has 3 nitrogen and oxygen atoms in total. The monoisotopic (exact) mass is 333 g/mol. The summed E-state index contributed by atoms with van der Waals surface area (Å²) in [4.78, 5) is 9.14. The van der Waals surface area contributed by atoms with Crippen molar-refractivity contribution >= 4 is 15.9 Å². The molecule has 0 amide bonds. The second kappa shape index (κ2) is 6.95. The van der Waals surface area contributed by atoms with Gasteiger partial charge in [0.05, 0.1) is 0 Å². The number of nitrogens with zero attached hydrogens (tertiary/aromatic N) is 2. The van der Waals surface area contributed by atoms with Crippen LogP contribution in [0.15, 0.2) is 34.9 Å². The molecule has 1 aromatic heterocycles. The molecule has 0 saturated carbocycles. The lowest BCUT2D eigenvalue weighted by molar-refractivity contribution is 0.564. The molecule has 0 aliphatic heterocycles. The maximum atomic E-state index is 4.64. The molecule has 4 heteroatoms. The highest BCUT2D eigenvalue weighted by atomic mass is 79.9. The molecule has 1 aromatic carbocycles. The molecule has 2 aromatic rings. The predicted octanol–water partition coefficient (Wildman–Crippen LogP) is 4.28. The third-order valence-corrected chi connectivity index (χ3v) is 3.82. The molecule has 0 radical (unpaired) electrons. The molecule has 0 spiro atoms. The second-order valence-electron chi connectivity index (χ2n) is 4.92. The van der Waals surface area contributed by atoms with Crippen LogP contribution in [0.3, 0.4) is 0 Å². The Morgan fingerprint density at radius 3 is 2.55 bits per heavy atom. The summed E-state index contributed by atoms with van der Waals surface area (Å²) in [5.74, 6) is 0.779. The van der Waals surface area contributed by atoms with Gasteiger partial charge >= 0.3 is 0 Å². The number of aryl methyl sites for hydroxylation is 1. The fourth-order valence-corrected chi connectivity index (χ4v) is 2.37. The minimum Gasteiger partial charge on any atom is -0.310 e. The Labute approximate surface area is 129 Å². The highest BCUT2D eigenvalue weighted by molar-refractivity contribution is 9.10. The molecular weight excluding hydrogens is 314 g/mol. The summed E-state index contributed by atoms with van der Waals surface area (Å²) >= 11 is 3.44. The van der Waals surface area contributed by atoms with Crippen LogP contribution >= 0.6 is 15.9 Å². The molecule has 0 bridgehead atoms. The smallest absolute Gasteiger partial charge is 0.159 e. The van der Waals surface area contributed by atoms with Crippen LogP contribution in [-0.4, -0.2) is 16.5 Å². The third-order valence-electron chi connectivity index (χ3n) is 3.29. The van der Waals surface area contributed by atoms with E-state index in [1.165, 1.54) is 5.56 Å². The molecule has 1 N–H and O–H groups in total. The molecular formula is C16H20BrN3. The SMILES string of the molecule is CCCNC(C)c1cnc(-c2ccc(Br)cc2)nc1C. The van der Waals surface area contributed by atoms with Crippen LogP contribution in [0.5, 0.6) is 0 Å². The Bertz CT molecular complexity index is 566. The minimum absolute atomic E-state index is 0.286. The van der Waals surface area contributed by atoms with E-state index >= 15 is 0 Å². The van der Waals surface area contributed by atoms with E-state index in [4.69, 9.17) is 0 Å². The molecule has 2 rings (SSSR count). The molecule has 1 atom stereocenters. The molecule has 1 unspecified atom stereocenters. The quantitative estimate of drug-likeness (QED) is 0.887. The Hall–Kier alpha value is -1.26. The van der Waals surface area contributed by atoms with Crippen molar-refractivity contribution < 1.29 is 0 Å². The number of nitrogens with one attached hydrogen (secondary N) is 1. The number of rotatable bonds is 5. The molecule has 106 valence electrons. The Morgan fingerprint density at radius 2 is 1.95 bits per heavy atom. The van der Waals surface area contributed by atoms with Crippen LogP contribution in [0.4, 0.5) is 0 Å². The topological polar surface area (TPSA) is 37.8 Å². The fraction of sp³-hybridized carbons (Fsp3) is 0.375. The normalized spacial score (nSPS) is 12.4. The van der Waals surface area contributed by atoms with Gasteiger partial charge in [-0.15, -0.1) is 0 Å². The van der Waals surface area contributed by atoms with Crippen molar-refractivity contribution in [3.63, 3.8) is 0 Å². The summed E-state index contributed by atoms with van der Waals surface area (Å²) in [6.45, 7) is 7.37. The Balaban J connectivity index is 2.23. The minimum atomic E-state index is 0.286. The van der Waals surface area contributed by atoms with Gasteiger partial charge < -0.3 is 5.32 Å². The van der Waals surface area contributed by atoms with Crippen LogP contribution in [0.2, 0.25) is 0 Å². The van der Waals surface area contributed by atoms with Gasteiger partial charge in [-0.2, -0.15) is 0 Å². The summed E-state index contributed by atoms with van der Waals surface area (Å²) < 4.78 is 1.06. The van der Waals surface area contributed by atoms with Crippen LogP contribution < -0.4 is 5.32 Å². The fourth-order valence-electron chi connectivity index (χ4n) is 2.11. The van der Waals surface area contributed by atoms with Crippen LogP contribution in [-0.2, 0) is 0 Å². The molecule has 20 heavy (non-hydrogen) atoms. The summed E-state index contributed by atoms with van der Waals surface area (Å²) in [6.07, 6.45) is 3.06. The van der Waals surface area contributed by atoms with Crippen LogP contribution in [0.1, 0.15) is 37.6 Å². The van der Waals surface area contributed by atoms with Gasteiger partial charge in [-0.25, -0.2) is 9.97 Å². The maximum Gasteiger partial charge on any atom is 0.159 e. The molecule has 0 fully saturated rings. The number of benzene rings is 1. The summed E-state index contributed by atoms with van der Waals surface area (Å²) in [5, 5.41) is 3.47. The molecule has 0 aliphatic carbocycles. The lowest BCUT2D eigenvalue weighted by Crippen LogP contribution is -2.20. The average Bonchev–Trinajstić information content (AvgIpc) is 2.45. The van der Waals surface area contributed by atoms with Gasteiger partial charge in [0.25, 0.3) is 0 Å². The Morgan fingerprint density at radius 1 is 1.25 bits per heavy atom. The van der Waals surface area contributed by atoms with Gasteiger partial charge in [0, 0.05) is 33.5 Å². The van der Waals surface area contributed by atoms with E-state index in [1.807, 2.05) is 37.4 Å². The van der Waals surface area contributed by atoms with Crippen LogP contribution in [0.25, 0.3) is 11.4 Å². The van der Waals surface area contributed by atoms with Gasteiger partial charge in [-0.1, -0.05) is 35.0 Å². The van der Waals surface area contributed by atoms with Gasteiger partial charge in [-0.05, 0) is 38.9 Å². The summed E-state index contributed by atoms with van der Waals surface area (Å²) in [7, 11) is 0. The van der Waals surface area contributed by atoms with E-state index in [0.29, 0.717) is 0 Å². The first-order valence-electron chi connectivity index (χ1n) is 6.94. The lowest BCUT2D eigenvalue weighted by Gasteiger charge is -2.15. The van der Waals surface area contributed by atoms with E-state index < -0.39 is 0 Å². The van der Waals surface area contributed by atoms with E-state index in [1.54, 1.807) is 0 Å². The molecule has 0 saturated heterocycles. The summed E-state index contributed by atoms with van der Waals surface area (Å²) in [6, 6.07) is 8.35. The zero-order chi connectivity index (χ0) is 14.5. The van der Waals surface area contributed by atoms with Crippen molar-refractivity contribution in [3.05, 3.63) is 46.2 Å². The van der Waals surface area contributed by atoms with Gasteiger partial charge in [0.2, 0.25) is 0 Å². The van der Waals surface area contributed by atoms with Crippen LogP contribution in [0, 0.1) is 6.92 Å². The third kappa shape index (κ3) is 3.64. The number of aromatic nitrogens is 2. The van der Waals surface area contributed by atoms with Crippen molar-refractivity contribution in [2.75, 3.05) is 6.54 Å². The standard InChI is InChI=1S/C16H20BrN3/c1-4-9-18-11(2)15-10-19-16(20-12(15)3)13-5-7-14(17)8-6-13/h5-8,10-11,18H,4,9H2,1-3H3. The van der Waals surface area contributed by atoms with Crippen molar-refractivity contribution in [1.82, 2.24) is 15.3 Å². The molecule has 1 heterocycles. The average molecular weight is 334 g/mol.